The summed E-state index contributed by atoms with van der Waals surface area (Å²) in [4.78, 5) is 14.5. The number of nitrogens with zero attached hydrogens (tertiary/aromatic N) is 3. The molecule has 2 aromatic carbocycles. The first-order valence-electron chi connectivity index (χ1n) is 12.0. The maximum absolute atomic E-state index is 12.8. The summed E-state index contributed by atoms with van der Waals surface area (Å²) in [6, 6.07) is 10.9. The number of rotatable bonds is 7. The van der Waals surface area contributed by atoms with Gasteiger partial charge < -0.3 is 9.47 Å². The minimum Gasteiger partial charge on any atom is -0.476 e. The zero-order valence-corrected chi connectivity index (χ0v) is 20.6. The molecular weight excluding hydrogens is 471 g/mol. The maximum atomic E-state index is 12.8. The standard InChI is InChI=1S/C27H30F3N3O3/c1-4-35-25(34)26(2,3)36-24-10-5-20-11-13-32(14-12-21(20)15-24)17-19-16-31-33(18-19)23-8-6-22(7-9-23)27(28,29)30/h5-10,15-16,18H,4,11-14,17H2,1-3H3. The second-order valence-electron chi connectivity index (χ2n) is 9.38. The van der Waals surface area contributed by atoms with Crippen LogP contribution in [0.25, 0.3) is 5.69 Å². The summed E-state index contributed by atoms with van der Waals surface area (Å²) in [5.74, 6) is 0.237. The van der Waals surface area contributed by atoms with Crippen molar-refractivity contribution in [1.82, 2.24) is 14.7 Å². The summed E-state index contributed by atoms with van der Waals surface area (Å²) in [5.41, 5.74) is 2.25. The van der Waals surface area contributed by atoms with Gasteiger partial charge >= 0.3 is 12.1 Å². The van der Waals surface area contributed by atoms with Crippen molar-refractivity contribution in [2.24, 2.45) is 0 Å². The Kier molecular flexibility index (Phi) is 7.40. The Morgan fingerprint density at radius 1 is 1.03 bits per heavy atom. The van der Waals surface area contributed by atoms with Gasteiger partial charge in [0.15, 0.2) is 5.60 Å². The lowest BCUT2D eigenvalue weighted by molar-refractivity contribution is -0.158. The van der Waals surface area contributed by atoms with E-state index in [0.29, 0.717) is 24.6 Å². The third-order valence-corrected chi connectivity index (χ3v) is 6.21. The van der Waals surface area contributed by atoms with Crippen LogP contribution < -0.4 is 4.74 Å². The van der Waals surface area contributed by atoms with Crippen molar-refractivity contribution in [2.45, 2.75) is 51.9 Å². The van der Waals surface area contributed by atoms with Gasteiger partial charge in [-0.15, -0.1) is 0 Å². The van der Waals surface area contributed by atoms with Gasteiger partial charge in [0, 0.05) is 31.4 Å². The molecule has 0 radical (unpaired) electrons. The van der Waals surface area contributed by atoms with Crippen LogP contribution in [0.1, 0.15) is 43.0 Å². The highest BCUT2D eigenvalue weighted by molar-refractivity contribution is 5.79. The summed E-state index contributed by atoms with van der Waals surface area (Å²) in [5, 5.41) is 4.33. The van der Waals surface area contributed by atoms with Crippen LogP contribution >= 0.6 is 0 Å². The first-order valence-corrected chi connectivity index (χ1v) is 12.0. The fourth-order valence-corrected chi connectivity index (χ4v) is 4.25. The Bertz CT molecular complexity index is 1200. The monoisotopic (exact) mass is 501 g/mol. The van der Waals surface area contributed by atoms with Crippen LogP contribution in [0.5, 0.6) is 5.75 Å². The first-order chi connectivity index (χ1) is 17.0. The molecular formula is C27H30F3N3O3. The van der Waals surface area contributed by atoms with E-state index in [2.05, 4.69) is 16.1 Å². The number of carbonyl (C=O) groups is 1. The Labute approximate surface area is 208 Å². The summed E-state index contributed by atoms with van der Waals surface area (Å²) in [6.07, 6.45) is 0.953. The molecule has 3 aromatic rings. The average molecular weight is 502 g/mol. The van der Waals surface area contributed by atoms with E-state index in [1.165, 1.54) is 23.3 Å². The number of aromatic nitrogens is 2. The van der Waals surface area contributed by atoms with Gasteiger partial charge in [0.05, 0.1) is 24.1 Å². The van der Waals surface area contributed by atoms with Crippen LogP contribution in [0, 0.1) is 0 Å². The maximum Gasteiger partial charge on any atom is 0.416 e. The number of halogens is 3. The molecule has 0 aliphatic carbocycles. The minimum atomic E-state index is -4.36. The molecule has 0 N–H and O–H groups in total. The number of fused-ring (bicyclic) bond motifs is 1. The third kappa shape index (κ3) is 6.07. The van der Waals surface area contributed by atoms with Crippen LogP contribution in [-0.2, 0) is 35.1 Å². The SMILES string of the molecule is CCOC(=O)C(C)(C)Oc1ccc2c(c1)CCN(Cc1cnn(-c3ccc(C(F)(F)F)cc3)c1)CC2. The van der Waals surface area contributed by atoms with Gasteiger partial charge in [-0.25, -0.2) is 9.48 Å². The van der Waals surface area contributed by atoms with Gasteiger partial charge in [0.1, 0.15) is 5.75 Å². The number of hydrogen-bond donors (Lipinski definition) is 0. The third-order valence-electron chi connectivity index (χ3n) is 6.21. The molecule has 192 valence electrons. The number of esters is 1. The quantitative estimate of drug-likeness (QED) is 0.416. The van der Waals surface area contributed by atoms with Gasteiger partial charge in [0.25, 0.3) is 0 Å². The molecule has 2 heterocycles. The molecule has 36 heavy (non-hydrogen) atoms. The largest absolute Gasteiger partial charge is 0.476 e. The Morgan fingerprint density at radius 2 is 1.72 bits per heavy atom. The summed E-state index contributed by atoms with van der Waals surface area (Å²) >= 11 is 0. The lowest BCUT2D eigenvalue weighted by Crippen LogP contribution is -2.39. The molecule has 0 fully saturated rings. The Morgan fingerprint density at radius 3 is 2.39 bits per heavy atom. The number of ether oxygens (including phenoxy) is 2. The molecule has 0 unspecified atom stereocenters. The van der Waals surface area contributed by atoms with Crippen molar-refractivity contribution in [3.63, 3.8) is 0 Å². The molecule has 0 saturated carbocycles. The average Bonchev–Trinajstić information content (AvgIpc) is 3.20. The molecule has 0 saturated heterocycles. The molecule has 0 bridgehead atoms. The van der Waals surface area contributed by atoms with Gasteiger partial charge in [0.2, 0.25) is 0 Å². The fraction of sp³-hybridized carbons (Fsp3) is 0.407. The molecule has 0 spiro atoms. The highest BCUT2D eigenvalue weighted by atomic mass is 19.4. The van der Waals surface area contributed by atoms with Crippen molar-refractivity contribution < 1.29 is 27.4 Å². The Balaban J connectivity index is 1.38. The molecule has 1 aromatic heterocycles. The molecule has 0 atom stereocenters. The molecule has 9 heteroatoms. The van der Waals surface area contributed by atoms with E-state index in [1.807, 2.05) is 18.3 Å². The van der Waals surface area contributed by atoms with Crippen molar-refractivity contribution in [2.75, 3.05) is 19.7 Å². The van der Waals surface area contributed by atoms with Gasteiger partial charge in [-0.1, -0.05) is 6.07 Å². The fourth-order valence-electron chi connectivity index (χ4n) is 4.25. The highest BCUT2D eigenvalue weighted by Gasteiger charge is 2.32. The van der Waals surface area contributed by atoms with Crippen LogP contribution in [0.15, 0.2) is 54.9 Å². The number of hydrogen-bond acceptors (Lipinski definition) is 5. The number of carbonyl (C=O) groups excluding carboxylic acids is 1. The predicted octanol–water partition coefficient (Wildman–Crippen LogP) is 5.21. The van der Waals surface area contributed by atoms with E-state index < -0.39 is 23.3 Å². The van der Waals surface area contributed by atoms with E-state index in [-0.39, 0.29) is 0 Å². The smallest absolute Gasteiger partial charge is 0.416 e. The Hall–Kier alpha value is -3.33. The van der Waals surface area contributed by atoms with Crippen molar-refractivity contribution in [3.05, 3.63) is 77.1 Å². The van der Waals surface area contributed by atoms with Gasteiger partial charge in [-0.2, -0.15) is 18.3 Å². The second kappa shape index (κ2) is 10.3. The van der Waals surface area contributed by atoms with E-state index in [1.54, 1.807) is 31.6 Å². The van der Waals surface area contributed by atoms with Crippen LogP contribution in [-0.4, -0.2) is 45.9 Å². The molecule has 1 aliphatic rings. The van der Waals surface area contributed by atoms with Crippen LogP contribution in [0.2, 0.25) is 0 Å². The highest BCUT2D eigenvalue weighted by Crippen LogP contribution is 2.30. The number of alkyl halides is 3. The van der Waals surface area contributed by atoms with Crippen LogP contribution in [0.3, 0.4) is 0 Å². The normalized spacial score (nSPS) is 14.7. The van der Waals surface area contributed by atoms with Gasteiger partial charge in [-0.05, 0) is 81.1 Å². The minimum absolute atomic E-state index is 0.300. The number of benzene rings is 2. The first kappa shape index (κ1) is 25.8. The molecule has 4 rings (SSSR count). The predicted molar refractivity (Wildman–Crippen MR) is 129 cm³/mol. The van der Waals surface area contributed by atoms with Crippen LogP contribution in [0.4, 0.5) is 13.2 Å². The summed E-state index contributed by atoms with van der Waals surface area (Å²) in [7, 11) is 0. The van der Waals surface area contributed by atoms with Crippen molar-refractivity contribution in [1.29, 1.82) is 0 Å². The lowest BCUT2D eigenvalue weighted by Gasteiger charge is -2.24. The van der Waals surface area contributed by atoms with Crippen molar-refractivity contribution >= 4 is 5.97 Å². The van der Waals surface area contributed by atoms with Gasteiger partial charge in [-0.3, -0.25) is 4.90 Å². The zero-order chi connectivity index (χ0) is 25.9. The van der Waals surface area contributed by atoms with E-state index in [4.69, 9.17) is 9.47 Å². The summed E-state index contributed by atoms with van der Waals surface area (Å²) < 4.78 is 51.1. The van der Waals surface area contributed by atoms with E-state index >= 15 is 0 Å². The molecule has 1 aliphatic heterocycles. The summed E-state index contributed by atoms with van der Waals surface area (Å²) in [6.45, 7) is 7.85. The zero-order valence-electron chi connectivity index (χ0n) is 20.6. The van der Waals surface area contributed by atoms with E-state index in [9.17, 15) is 18.0 Å². The topological polar surface area (TPSA) is 56.6 Å². The van der Waals surface area contributed by atoms with E-state index in [0.717, 1.165) is 43.6 Å². The van der Waals surface area contributed by atoms with Crippen molar-refractivity contribution in [3.8, 4) is 11.4 Å². The lowest BCUT2D eigenvalue weighted by atomic mass is 10.0. The molecule has 6 nitrogen and oxygen atoms in total. The molecule has 0 amide bonds. The second-order valence-corrected chi connectivity index (χ2v) is 9.38.